The Hall–Kier alpha value is -2.68. The lowest BCUT2D eigenvalue weighted by Crippen LogP contribution is -2.29. The largest absolute Gasteiger partial charge is 0.363 e. The second-order valence-electron chi connectivity index (χ2n) is 7.78. The van der Waals surface area contributed by atoms with E-state index in [4.69, 9.17) is 16.6 Å². The normalized spacial score (nSPS) is 11.7. The van der Waals surface area contributed by atoms with Crippen LogP contribution < -0.4 is 10.0 Å². The van der Waals surface area contributed by atoms with E-state index >= 15 is 0 Å². The monoisotopic (exact) mass is 439 g/mol. The van der Waals surface area contributed by atoms with Gasteiger partial charge in [0.15, 0.2) is 11.6 Å². The van der Waals surface area contributed by atoms with Crippen LogP contribution in [0.1, 0.15) is 26.5 Å². The second-order valence-corrected chi connectivity index (χ2v) is 9.07. The summed E-state index contributed by atoms with van der Waals surface area (Å²) in [6, 6.07) is 9.62. The third-order valence-corrected chi connectivity index (χ3v) is 5.55. The predicted molar refractivity (Wildman–Crippen MR) is 122 cm³/mol. The standard InChI is InChI=1S/C21H22ClN7S/c1-21(2,3)28-30-16-10-14(11-23-13-16)19-26-20(18-17(22)7-9-29(18)27-19)25-12-15-6-4-5-8-24-15/h4-11,13,28H,12H2,1-3H3,(H,25,26,27). The number of hydrogen-bond acceptors (Lipinski definition) is 7. The second kappa shape index (κ2) is 8.59. The van der Waals surface area contributed by atoms with Gasteiger partial charge in [0.05, 0.1) is 17.3 Å². The van der Waals surface area contributed by atoms with E-state index in [1.807, 2.05) is 36.7 Å². The van der Waals surface area contributed by atoms with Gasteiger partial charge in [0.25, 0.3) is 0 Å². The summed E-state index contributed by atoms with van der Waals surface area (Å²) >= 11 is 7.92. The zero-order valence-corrected chi connectivity index (χ0v) is 18.5. The number of hydrogen-bond donors (Lipinski definition) is 2. The molecular weight excluding hydrogens is 418 g/mol. The van der Waals surface area contributed by atoms with Crippen molar-refractivity contribution in [2.24, 2.45) is 0 Å². The fourth-order valence-corrected chi connectivity index (χ4v) is 3.67. The number of halogens is 1. The zero-order valence-electron chi connectivity index (χ0n) is 16.9. The molecule has 2 N–H and O–H groups in total. The fraction of sp³-hybridized carbons (Fsp3) is 0.238. The molecule has 4 aromatic rings. The SMILES string of the molecule is CC(C)(C)NSc1cncc(-c2nc(NCc3ccccn3)c3c(Cl)ccn3n2)c1. The van der Waals surface area contributed by atoms with E-state index in [2.05, 4.69) is 45.9 Å². The van der Waals surface area contributed by atoms with Gasteiger partial charge in [-0.3, -0.25) is 14.7 Å². The van der Waals surface area contributed by atoms with Crippen molar-refractivity contribution in [2.45, 2.75) is 37.8 Å². The molecule has 0 aliphatic carbocycles. The Balaban J connectivity index is 1.66. The Labute approximate surface area is 184 Å². The molecule has 0 bridgehead atoms. The molecule has 0 aliphatic rings. The lowest BCUT2D eigenvalue weighted by molar-refractivity contribution is 0.535. The van der Waals surface area contributed by atoms with Crippen molar-refractivity contribution in [1.82, 2.24) is 29.3 Å². The summed E-state index contributed by atoms with van der Waals surface area (Å²) in [5.74, 6) is 1.20. The number of pyridine rings is 2. The molecule has 7 nitrogen and oxygen atoms in total. The van der Waals surface area contributed by atoms with Gasteiger partial charge >= 0.3 is 0 Å². The van der Waals surface area contributed by atoms with E-state index < -0.39 is 0 Å². The van der Waals surface area contributed by atoms with Gasteiger partial charge in [-0.15, -0.1) is 5.10 Å². The van der Waals surface area contributed by atoms with Gasteiger partial charge in [-0.2, -0.15) is 0 Å². The summed E-state index contributed by atoms with van der Waals surface area (Å²) in [5.41, 5.74) is 2.44. The minimum atomic E-state index is -0.0134. The highest BCUT2D eigenvalue weighted by molar-refractivity contribution is 7.97. The van der Waals surface area contributed by atoms with Crippen LogP contribution in [0, 0.1) is 0 Å². The molecule has 4 rings (SSSR count). The first-order chi connectivity index (χ1) is 14.4. The van der Waals surface area contributed by atoms with E-state index in [1.54, 1.807) is 23.0 Å². The van der Waals surface area contributed by atoms with Crippen molar-refractivity contribution in [3.63, 3.8) is 0 Å². The molecule has 154 valence electrons. The Morgan fingerprint density at radius 3 is 2.80 bits per heavy atom. The molecule has 9 heteroatoms. The molecule has 0 aromatic carbocycles. The Kier molecular flexibility index (Phi) is 5.90. The summed E-state index contributed by atoms with van der Waals surface area (Å²) in [4.78, 5) is 14.4. The van der Waals surface area contributed by atoms with Gasteiger partial charge in [0.1, 0.15) is 5.52 Å². The summed E-state index contributed by atoms with van der Waals surface area (Å²) in [6.07, 6.45) is 7.17. The van der Waals surface area contributed by atoms with E-state index in [-0.39, 0.29) is 5.54 Å². The average molecular weight is 440 g/mol. The maximum absolute atomic E-state index is 6.39. The average Bonchev–Trinajstić information content (AvgIpc) is 3.12. The smallest absolute Gasteiger partial charge is 0.183 e. The number of nitrogens with zero attached hydrogens (tertiary/aromatic N) is 5. The van der Waals surface area contributed by atoms with Crippen molar-refractivity contribution in [3.05, 3.63) is 65.8 Å². The zero-order chi connectivity index (χ0) is 21.1. The maximum atomic E-state index is 6.39. The van der Waals surface area contributed by atoms with Crippen LogP contribution in [0.4, 0.5) is 5.82 Å². The minimum absolute atomic E-state index is 0.0134. The minimum Gasteiger partial charge on any atom is -0.363 e. The highest BCUT2D eigenvalue weighted by Gasteiger charge is 2.15. The molecule has 0 radical (unpaired) electrons. The van der Waals surface area contributed by atoms with Crippen LogP contribution >= 0.6 is 23.5 Å². The topological polar surface area (TPSA) is 80.0 Å². The Morgan fingerprint density at radius 1 is 1.17 bits per heavy atom. The third-order valence-electron chi connectivity index (χ3n) is 4.07. The van der Waals surface area contributed by atoms with Gasteiger partial charge in [0.2, 0.25) is 0 Å². The first kappa shape index (κ1) is 20.6. The lowest BCUT2D eigenvalue weighted by atomic mass is 10.1. The Morgan fingerprint density at radius 2 is 2.03 bits per heavy atom. The van der Waals surface area contributed by atoms with Crippen LogP contribution in [0.25, 0.3) is 16.9 Å². The van der Waals surface area contributed by atoms with E-state index in [1.165, 1.54) is 11.9 Å². The molecule has 0 saturated heterocycles. The van der Waals surface area contributed by atoms with Gasteiger partial charge in [-0.05, 0) is 57.0 Å². The highest BCUT2D eigenvalue weighted by Crippen LogP contribution is 2.28. The van der Waals surface area contributed by atoms with Crippen LogP contribution in [0.15, 0.2) is 60.0 Å². The van der Waals surface area contributed by atoms with Crippen LogP contribution in [-0.2, 0) is 6.54 Å². The van der Waals surface area contributed by atoms with Crippen molar-refractivity contribution >= 4 is 34.9 Å². The number of nitrogens with one attached hydrogen (secondary N) is 2. The van der Waals surface area contributed by atoms with Gasteiger partial charge in [-0.25, -0.2) is 9.50 Å². The number of anilines is 1. The van der Waals surface area contributed by atoms with Crippen molar-refractivity contribution < 1.29 is 0 Å². The molecule has 0 unspecified atom stereocenters. The summed E-state index contributed by atoms with van der Waals surface area (Å²) in [5, 5.41) is 8.56. The molecule has 4 heterocycles. The van der Waals surface area contributed by atoms with Crippen LogP contribution in [0.5, 0.6) is 0 Å². The molecule has 4 aromatic heterocycles. The van der Waals surface area contributed by atoms with Crippen molar-refractivity contribution in [1.29, 1.82) is 0 Å². The number of aromatic nitrogens is 5. The van der Waals surface area contributed by atoms with Crippen molar-refractivity contribution in [2.75, 3.05) is 5.32 Å². The van der Waals surface area contributed by atoms with E-state index in [9.17, 15) is 0 Å². The van der Waals surface area contributed by atoms with Gasteiger partial charge < -0.3 is 5.32 Å². The third kappa shape index (κ3) is 4.89. The van der Waals surface area contributed by atoms with E-state index in [0.29, 0.717) is 23.2 Å². The Bertz CT molecular complexity index is 1160. The van der Waals surface area contributed by atoms with Gasteiger partial charge in [-0.1, -0.05) is 17.7 Å². The number of fused-ring (bicyclic) bond motifs is 1. The lowest BCUT2D eigenvalue weighted by Gasteiger charge is -2.19. The maximum Gasteiger partial charge on any atom is 0.183 e. The highest BCUT2D eigenvalue weighted by atomic mass is 35.5. The van der Waals surface area contributed by atoms with E-state index in [0.717, 1.165) is 21.7 Å². The molecule has 0 atom stereocenters. The van der Waals surface area contributed by atoms with Crippen LogP contribution in [0.3, 0.4) is 0 Å². The van der Waals surface area contributed by atoms with Crippen LogP contribution in [-0.4, -0.2) is 30.1 Å². The summed E-state index contributed by atoms with van der Waals surface area (Å²) < 4.78 is 5.13. The first-order valence-electron chi connectivity index (χ1n) is 9.47. The molecule has 0 aliphatic heterocycles. The quantitative estimate of drug-likeness (QED) is 0.416. The molecular formula is C21H22ClN7S. The first-order valence-corrected chi connectivity index (χ1v) is 10.7. The fourth-order valence-electron chi connectivity index (χ4n) is 2.72. The summed E-state index contributed by atoms with van der Waals surface area (Å²) in [7, 11) is 0. The van der Waals surface area contributed by atoms with Crippen molar-refractivity contribution in [3.8, 4) is 11.4 Å². The molecule has 0 amide bonds. The molecule has 0 spiro atoms. The molecule has 0 fully saturated rings. The van der Waals surface area contributed by atoms with Gasteiger partial charge in [0, 0.05) is 40.8 Å². The predicted octanol–water partition coefficient (Wildman–Crippen LogP) is 4.85. The van der Waals surface area contributed by atoms with Crippen LogP contribution in [0.2, 0.25) is 5.02 Å². The summed E-state index contributed by atoms with van der Waals surface area (Å²) in [6.45, 7) is 6.87. The molecule has 0 saturated carbocycles. The number of rotatable bonds is 6. The molecule has 30 heavy (non-hydrogen) atoms.